The van der Waals surface area contributed by atoms with E-state index in [-0.39, 0.29) is 23.9 Å². The molecule has 2 aliphatic rings. The smallest absolute Gasteiger partial charge is 0.150 e. The molecule has 3 heteroatoms. The third-order valence-corrected chi connectivity index (χ3v) is 4.16. The first-order valence-electron chi connectivity index (χ1n) is 5.74. The van der Waals surface area contributed by atoms with Crippen molar-refractivity contribution < 1.29 is 14.3 Å². The molecule has 16 heavy (non-hydrogen) atoms. The number of Topliss-reactive ketones (excluding diaryl/α,β-unsaturated/α-hetero) is 1. The predicted molar refractivity (Wildman–Crippen MR) is 59.8 cm³/mol. The molecular formula is C13H18O3. The fraction of sp³-hybridized carbons (Fsp3) is 0.769. The zero-order valence-electron chi connectivity index (χ0n) is 10.0. The second-order valence-corrected chi connectivity index (χ2v) is 4.96. The molecule has 88 valence electrons. The SMILES string of the molecule is C#C[C@@H](OC)[C@]1(C)C(=O)[C@@H](C)[C@H]2CC[C@@H]1O2. The van der Waals surface area contributed by atoms with Crippen LogP contribution in [0.3, 0.4) is 0 Å². The number of fused-ring (bicyclic) bond motifs is 2. The molecular weight excluding hydrogens is 204 g/mol. The van der Waals surface area contributed by atoms with Gasteiger partial charge in [0.2, 0.25) is 0 Å². The molecule has 2 fully saturated rings. The summed E-state index contributed by atoms with van der Waals surface area (Å²) in [6.45, 7) is 3.81. The fourth-order valence-electron chi connectivity index (χ4n) is 3.07. The highest BCUT2D eigenvalue weighted by Gasteiger charge is 2.58. The Morgan fingerprint density at radius 2 is 2.31 bits per heavy atom. The van der Waals surface area contributed by atoms with Gasteiger partial charge in [0, 0.05) is 13.0 Å². The van der Waals surface area contributed by atoms with E-state index >= 15 is 0 Å². The first kappa shape index (κ1) is 11.6. The van der Waals surface area contributed by atoms with Gasteiger partial charge in [-0.25, -0.2) is 0 Å². The monoisotopic (exact) mass is 222 g/mol. The van der Waals surface area contributed by atoms with Crippen molar-refractivity contribution in [2.75, 3.05) is 7.11 Å². The Labute approximate surface area is 96.5 Å². The largest absolute Gasteiger partial charge is 0.373 e. The van der Waals surface area contributed by atoms with Crippen LogP contribution in [0.4, 0.5) is 0 Å². The van der Waals surface area contributed by atoms with Crippen molar-refractivity contribution in [3.05, 3.63) is 0 Å². The summed E-state index contributed by atoms with van der Waals surface area (Å²) in [6, 6.07) is 0. The quantitative estimate of drug-likeness (QED) is 0.663. The molecule has 0 aliphatic carbocycles. The molecule has 0 aromatic rings. The second kappa shape index (κ2) is 3.87. The minimum absolute atomic E-state index is 0.0743. The van der Waals surface area contributed by atoms with Gasteiger partial charge in [0.05, 0.1) is 17.6 Å². The summed E-state index contributed by atoms with van der Waals surface area (Å²) < 4.78 is 11.2. The van der Waals surface area contributed by atoms with Crippen molar-refractivity contribution in [3.8, 4) is 12.3 Å². The lowest BCUT2D eigenvalue weighted by atomic mass is 9.70. The van der Waals surface area contributed by atoms with E-state index in [0.29, 0.717) is 0 Å². The van der Waals surface area contributed by atoms with Gasteiger partial charge in [-0.2, -0.15) is 0 Å². The van der Waals surface area contributed by atoms with E-state index in [4.69, 9.17) is 15.9 Å². The van der Waals surface area contributed by atoms with Gasteiger partial charge in [-0.15, -0.1) is 6.42 Å². The lowest BCUT2D eigenvalue weighted by molar-refractivity contribution is -0.171. The van der Waals surface area contributed by atoms with Crippen LogP contribution in [0, 0.1) is 23.7 Å². The summed E-state index contributed by atoms with van der Waals surface area (Å²) in [5, 5.41) is 0. The van der Waals surface area contributed by atoms with E-state index in [1.165, 1.54) is 0 Å². The topological polar surface area (TPSA) is 35.5 Å². The maximum atomic E-state index is 12.4. The molecule has 2 aliphatic heterocycles. The molecule has 0 amide bonds. The molecule has 0 radical (unpaired) electrons. The average Bonchev–Trinajstić information content (AvgIpc) is 2.74. The highest BCUT2D eigenvalue weighted by molar-refractivity contribution is 5.89. The van der Waals surface area contributed by atoms with Crippen molar-refractivity contribution in [2.24, 2.45) is 11.3 Å². The molecule has 3 nitrogen and oxygen atoms in total. The van der Waals surface area contributed by atoms with E-state index in [2.05, 4.69) is 5.92 Å². The molecule has 0 aromatic carbocycles. The van der Waals surface area contributed by atoms with Gasteiger partial charge in [0.15, 0.2) is 0 Å². The minimum atomic E-state index is -0.685. The van der Waals surface area contributed by atoms with Crippen molar-refractivity contribution in [2.45, 2.75) is 45.0 Å². The molecule has 0 unspecified atom stereocenters. The first-order valence-corrected chi connectivity index (χ1v) is 5.74. The Balaban J connectivity index is 2.38. The van der Waals surface area contributed by atoms with Crippen LogP contribution >= 0.6 is 0 Å². The van der Waals surface area contributed by atoms with Crippen LogP contribution in [0.25, 0.3) is 0 Å². The number of hydrogen-bond donors (Lipinski definition) is 0. The van der Waals surface area contributed by atoms with Gasteiger partial charge >= 0.3 is 0 Å². The molecule has 0 saturated carbocycles. The number of carbonyl (C=O) groups is 1. The lowest BCUT2D eigenvalue weighted by Crippen LogP contribution is -2.55. The molecule has 0 aromatic heterocycles. The summed E-state index contributed by atoms with van der Waals surface area (Å²) in [7, 11) is 1.55. The van der Waals surface area contributed by atoms with Crippen molar-refractivity contribution >= 4 is 5.78 Å². The number of hydrogen-bond acceptors (Lipinski definition) is 3. The normalized spacial score (nSPS) is 44.1. The van der Waals surface area contributed by atoms with E-state index < -0.39 is 11.5 Å². The van der Waals surface area contributed by atoms with Crippen LogP contribution in [0.2, 0.25) is 0 Å². The third-order valence-electron chi connectivity index (χ3n) is 4.16. The van der Waals surface area contributed by atoms with Crippen LogP contribution in [0.5, 0.6) is 0 Å². The molecule has 2 heterocycles. The van der Waals surface area contributed by atoms with E-state index in [9.17, 15) is 4.79 Å². The Kier molecular flexibility index (Phi) is 2.81. The Bertz CT molecular complexity index is 344. The summed E-state index contributed by atoms with van der Waals surface area (Å²) >= 11 is 0. The van der Waals surface area contributed by atoms with Crippen LogP contribution in [-0.4, -0.2) is 31.2 Å². The number of ketones is 1. The summed E-state index contributed by atoms with van der Waals surface area (Å²) in [4.78, 5) is 12.4. The molecule has 2 bridgehead atoms. The minimum Gasteiger partial charge on any atom is -0.373 e. The van der Waals surface area contributed by atoms with Gasteiger partial charge in [0.1, 0.15) is 11.9 Å². The molecule has 0 spiro atoms. The van der Waals surface area contributed by atoms with E-state index in [1.54, 1.807) is 7.11 Å². The van der Waals surface area contributed by atoms with Crippen molar-refractivity contribution in [3.63, 3.8) is 0 Å². The van der Waals surface area contributed by atoms with Crippen LogP contribution < -0.4 is 0 Å². The number of terminal acetylenes is 1. The average molecular weight is 222 g/mol. The first-order chi connectivity index (χ1) is 7.55. The maximum absolute atomic E-state index is 12.4. The Morgan fingerprint density at radius 3 is 2.88 bits per heavy atom. The van der Waals surface area contributed by atoms with Gasteiger partial charge < -0.3 is 9.47 Å². The highest BCUT2D eigenvalue weighted by Crippen LogP contribution is 2.47. The van der Waals surface area contributed by atoms with Crippen LogP contribution in [0.15, 0.2) is 0 Å². The standard InChI is InChI=1S/C13H18O3/c1-5-10(15-4)13(3)11-7-6-9(16-11)8(2)12(13)14/h1,8-11H,6-7H2,2-4H3/t8-,9+,10+,11-,13-/m0/s1. The summed E-state index contributed by atoms with van der Waals surface area (Å²) in [6.07, 6.45) is 6.82. The maximum Gasteiger partial charge on any atom is 0.150 e. The molecule has 2 rings (SSSR count). The summed E-state index contributed by atoms with van der Waals surface area (Å²) in [5.74, 6) is 2.69. The lowest BCUT2D eigenvalue weighted by Gasteiger charge is -2.43. The number of methoxy groups -OCH3 is 1. The van der Waals surface area contributed by atoms with Crippen molar-refractivity contribution in [1.29, 1.82) is 0 Å². The zero-order chi connectivity index (χ0) is 11.9. The number of carbonyl (C=O) groups excluding carboxylic acids is 1. The Hall–Kier alpha value is -0.850. The summed E-state index contributed by atoms with van der Waals surface area (Å²) in [5.41, 5.74) is -0.685. The van der Waals surface area contributed by atoms with Crippen molar-refractivity contribution in [1.82, 2.24) is 0 Å². The van der Waals surface area contributed by atoms with E-state index in [0.717, 1.165) is 12.8 Å². The highest BCUT2D eigenvalue weighted by atomic mass is 16.5. The Morgan fingerprint density at radius 1 is 1.62 bits per heavy atom. The molecule has 2 saturated heterocycles. The van der Waals surface area contributed by atoms with E-state index in [1.807, 2.05) is 13.8 Å². The van der Waals surface area contributed by atoms with Gasteiger partial charge in [-0.1, -0.05) is 12.8 Å². The predicted octanol–water partition coefficient (Wildman–Crippen LogP) is 1.41. The zero-order valence-corrected chi connectivity index (χ0v) is 10.0. The van der Waals surface area contributed by atoms with Crippen LogP contribution in [0.1, 0.15) is 26.7 Å². The van der Waals surface area contributed by atoms with Crippen LogP contribution in [-0.2, 0) is 14.3 Å². The second-order valence-electron chi connectivity index (χ2n) is 4.96. The third kappa shape index (κ3) is 1.33. The molecule has 5 atom stereocenters. The fourth-order valence-corrected chi connectivity index (χ4v) is 3.07. The van der Waals surface area contributed by atoms with Gasteiger partial charge in [0.25, 0.3) is 0 Å². The van der Waals surface area contributed by atoms with Gasteiger partial charge in [-0.3, -0.25) is 4.79 Å². The number of ether oxygens (including phenoxy) is 2. The molecule has 0 N–H and O–H groups in total. The van der Waals surface area contributed by atoms with Gasteiger partial charge in [-0.05, 0) is 19.8 Å². The number of rotatable bonds is 2.